The maximum absolute atomic E-state index is 12.9. The van der Waals surface area contributed by atoms with Crippen molar-refractivity contribution < 1.29 is 19.1 Å². The summed E-state index contributed by atoms with van der Waals surface area (Å²) in [7, 11) is 0. The van der Waals surface area contributed by atoms with Gasteiger partial charge >= 0.3 is 5.97 Å². The minimum atomic E-state index is -0.841. The van der Waals surface area contributed by atoms with Crippen LogP contribution >= 0.6 is 0 Å². The molecule has 1 aliphatic heterocycles. The lowest BCUT2D eigenvalue weighted by molar-refractivity contribution is -0.160. The summed E-state index contributed by atoms with van der Waals surface area (Å²) in [6, 6.07) is 18.4. The Balaban J connectivity index is 1.78. The number of esters is 1. The van der Waals surface area contributed by atoms with E-state index in [2.05, 4.69) is 0 Å². The second-order valence-corrected chi connectivity index (χ2v) is 7.54. The molecule has 0 radical (unpaired) electrons. The fraction of sp³-hybridized carbons (Fsp3) is 0.320. The lowest BCUT2D eigenvalue weighted by Crippen LogP contribution is -2.52. The van der Waals surface area contributed by atoms with E-state index in [4.69, 9.17) is 4.74 Å². The van der Waals surface area contributed by atoms with Crippen molar-refractivity contribution >= 4 is 23.7 Å². The highest BCUT2D eigenvalue weighted by molar-refractivity contribution is 6.42. The minimum absolute atomic E-state index is 0.183. The van der Waals surface area contributed by atoms with Crippen LogP contribution in [0.3, 0.4) is 0 Å². The third-order valence-electron chi connectivity index (χ3n) is 5.42. The van der Waals surface area contributed by atoms with Crippen LogP contribution in [0.2, 0.25) is 0 Å². The molecule has 0 bridgehead atoms. The highest BCUT2D eigenvalue weighted by Crippen LogP contribution is 2.36. The van der Waals surface area contributed by atoms with Gasteiger partial charge in [0.1, 0.15) is 0 Å². The largest absolute Gasteiger partial charge is 0.466 e. The summed E-state index contributed by atoms with van der Waals surface area (Å²) < 4.78 is 5.36. The Morgan fingerprint density at radius 2 is 1.70 bits per heavy atom. The Kier molecular flexibility index (Phi) is 7.17. The molecule has 1 aliphatic rings. The van der Waals surface area contributed by atoms with E-state index in [9.17, 15) is 14.4 Å². The molecule has 1 amide bonds. The third-order valence-corrected chi connectivity index (χ3v) is 5.42. The monoisotopic (exact) mass is 405 g/mol. The van der Waals surface area contributed by atoms with Crippen molar-refractivity contribution in [2.45, 2.75) is 26.2 Å². The first-order valence-corrected chi connectivity index (χ1v) is 10.3. The van der Waals surface area contributed by atoms with Gasteiger partial charge in [-0.15, -0.1) is 0 Å². The Bertz CT molecular complexity index is 907. The van der Waals surface area contributed by atoms with E-state index in [1.54, 1.807) is 37.3 Å². The smallest absolute Gasteiger partial charge is 0.314 e. The van der Waals surface area contributed by atoms with Gasteiger partial charge in [0.25, 0.3) is 5.91 Å². The molecule has 156 valence electrons. The van der Waals surface area contributed by atoms with Crippen LogP contribution in [0.25, 0.3) is 6.08 Å². The van der Waals surface area contributed by atoms with Crippen molar-refractivity contribution in [1.29, 1.82) is 0 Å². The average Bonchev–Trinajstić information content (AvgIpc) is 2.79. The predicted octanol–water partition coefficient (Wildman–Crippen LogP) is 4.14. The normalized spacial score (nSPS) is 18.9. The number of likely N-dealkylation sites (tertiary alicyclic amines) is 1. The minimum Gasteiger partial charge on any atom is -0.466 e. The van der Waals surface area contributed by atoms with Gasteiger partial charge in [-0.2, -0.15) is 0 Å². The fourth-order valence-electron chi connectivity index (χ4n) is 3.85. The number of rotatable bonds is 7. The van der Waals surface area contributed by atoms with Crippen LogP contribution in [0.1, 0.15) is 42.1 Å². The second-order valence-electron chi connectivity index (χ2n) is 7.54. The van der Waals surface area contributed by atoms with Crippen molar-refractivity contribution in [2.75, 3.05) is 19.7 Å². The van der Waals surface area contributed by atoms with Crippen LogP contribution < -0.4 is 0 Å². The first-order chi connectivity index (χ1) is 14.6. The van der Waals surface area contributed by atoms with Gasteiger partial charge in [0, 0.05) is 18.7 Å². The first kappa shape index (κ1) is 21.5. The molecule has 1 heterocycles. The summed E-state index contributed by atoms with van der Waals surface area (Å²) in [6.07, 6.45) is 5.64. The Morgan fingerprint density at radius 3 is 2.37 bits per heavy atom. The summed E-state index contributed by atoms with van der Waals surface area (Å²) in [5.74, 6) is -1.43. The molecule has 1 unspecified atom stereocenters. The number of piperidine rings is 1. The van der Waals surface area contributed by atoms with Crippen molar-refractivity contribution in [3.63, 3.8) is 0 Å². The molecular weight excluding hydrogens is 378 g/mol. The van der Waals surface area contributed by atoms with Gasteiger partial charge in [-0.05, 0) is 31.7 Å². The van der Waals surface area contributed by atoms with Crippen LogP contribution in [-0.2, 0) is 14.3 Å². The molecule has 5 nitrogen and oxygen atoms in total. The number of nitrogens with zero attached hydrogens (tertiary/aromatic N) is 1. The number of allylic oxidation sites excluding steroid dienone is 1. The van der Waals surface area contributed by atoms with Gasteiger partial charge in [0.15, 0.2) is 0 Å². The number of ether oxygens (including phenoxy) is 1. The number of Topliss-reactive ketones (excluding diaryl/α,β-unsaturated/α-hetero) is 1. The molecule has 1 saturated heterocycles. The SMILES string of the molecule is CCOC(=O)C1(CC=Cc2ccccc2)CCCN(C(=O)C(=O)c2ccccc2)C1. The van der Waals surface area contributed by atoms with Crippen LogP contribution in [0.15, 0.2) is 66.7 Å². The van der Waals surface area contributed by atoms with Gasteiger partial charge in [-0.1, -0.05) is 72.8 Å². The molecule has 1 atom stereocenters. The Labute approximate surface area is 177 Å². The summed E-state index contributed by atoms with van der Waals surface area (Å²) >= 11 is 0. The van der Waals surface area contributed by atoms with Gasteiger partial charge in [-0.3, -0.25) is 14.4 Å². The standard InChI is InChI=1S/C25H27NO4/c1-2-30-24(29)25(16-9-13-20-11-5-3-6-12-20)17-10-18-26(19-25)23(28)22(27)21-14-7-4-8-15-21/h3-9,11-15H,2,10,16-19H2,1H3. The molecule has 0 saturated carbocycles. The summed E-state index contributed by atoms with van der Waals surface area (Å²) in [4.78, 5) is 39.9. The molecule has 0 spiro atoms. The molecule has 2 aromatic rings. The highest BCUT2D eigenvalue weighted by atomic mass is 16.5. The zero-order valence-corrected chi connectivity index (χ0v) is 17.3. The number of ketones is 1. The molecule has 5 heteroatoms. The van der Waals surface area contributed by atoms with Crippen molar-refractivity contribution in [3.8, 4) is 0 Å². The number of hydrogen-bond acceptors (Lipinski definition) is 4. The number of benzene rings is 2. The number of carbonyl (C=O) groups is 3. The van der Waals surface area contributed by atoms with E-state index < -0.39 is 17.1 Å². The quantitative estimate of drug-likeness (QED) is 0.394. The lowest BCUT2D eigenvalue weighted by Gasteiger charge is -2.40. The van der Waals surface area contributed by atoms with Crippen LogP contribution in [0.4, 0.5) is 0 Å². The van der Waals surface area contributed by atoms with E-state index in [0.717, 1.165) is 5.56 Å². The number of amides is 1. The molecule has 0 aromatic heterocycles. The van der Waals surface area contributed by atoms with E-state index >= 15 is 0 Å². The number of hydrogen-bond donors (Lipinski definition) is 0. The highest BCUT2D eigenvalue weighted by Gasteiger charge is 2.44. The topological polar surface area (TPSA) is 63.7 Å². The molecule has 2 aromatic carbocycles. The molecule has 3 rings (SSSR count). The van der Waals surface area contributed by atoms with Crippen LogP contribution in [0, 0.1) is 5.41 Å². The van der Waals surface area contributed by atoms with E-state index in [1.165, 1.54) is 4.90 Å². The van der Waals surface area contributed by atoms with E-state index in [-0.39, 0.29) is 19.1 Å². The van der Waals surface area contributed by atoms with Crippen LogP contribution in [-0.4, -0.2) is 42.3 Å². The van der Waals surface area contributed by atoms with Crippen molar-refractivity contribution in [2.24, 2.45) is 5.41 Å². The van der Waals surface area contributed by atoms with Crippen LogP contribution in [0.5, 0.6) is 0 Å². The molecule has 1 fully saturated rings. The fourth-order valence-corrected chi connectivity index (χ4v) is 3.85. The van der Waals surface area contributed by atoms with Gasteiger partial charge in [0.2, 0.25) is 5.78 Å². The Hall–Kier alpha value is -3.21. The summed E-state index contributed by atoms with van der Waals surface area (Å²) in [5.41, 5.74) is 0.560. The van der Waals surface area contributed by atoms with Gasteiger partial charge in [0.05, 0.1) is 12.0 Å². The molecule has 30 heavy (non-hydrogen) atoms. The second kappa shape index (κ2) is 10.0. The van der Waals surface area contributed by atoms with Crippen molar-refractivity contribution in [1.82, 2.24) is 4.90 Å². The van der Waals surface area contributed by atoms with Crippen molar-refractivity contribution in [3.05, 3.63) is 77.9 Å². The summed E-state index contributed by atoms with van der Waals surface area (Å²) in [5, 5.41) is 0. The average molecular weight is 405 g/mol. The molecule has 0 aliphatic carbocycles. The van der Waals surface area contributed by atoms with Gasteiger partial charge < -0.3 is 9.64 Å². The summed E-state index contributed by atoms with van der Waals surface area (Å²) in [6.45, 7) is 2.69. The Morgan fingerprint density at radius 1 is 1.03 bits per heavy atom. The zero-order chi connectivity index (χ0) is 21.4. The maximum Gasteiger partial charge on any atom is 0.314 e. The number of carbonyl (C=O) groups excluding carboxylic acids is 3. The lowest BCUT2D eigenvalue weighted by atomic mass is 9.76. The van der Waals surface area contributed by atoms with E-state index in [0.29, 0.717) is 31.4 Å². The third kappa shape index (κ3) is 5.03. The first-order valence-electron chi connectivity index (χ1n) is 10.3. The molecule has 0 N–H and O–H groups in total. The maximum atomic E-state index is 12.9. The zero-order valence-electron chi connectivity index (χ0n) is 17.3. The predicted molar refractivity (Wildman–Crippen MR) is 116 cm³/mol. The van der Waals surface area contributed by atoms with E-state index in [1.807, 2.05) is 42.5 Å². The molecular formula is C25H27NO4. The van der Waals surface area contributed by atoms with Gasteiger partial charge in [-0.25, -0.2) is 0 Å².